The van der Waals surface area contributed by atoms with Crippen molar-refractivity contribution < 1.29 is 4.79 Å². The Kier molecular flexibility index (Phi) is 3.89. The molecule has 0 spiro atoms. The molecule has 1 aromatic heterocycles. The molecule has 0 saturated heterocycles. The second-order valence-electron chi connectivity index (χ2n) is 3.15. The maximum Gasteiger partial charge on any atom is 0.197 e. The highest BCUT2D eigenvalue weighted by molar-refractivity contribution is 9.11. The van der Waals surface area contributed by atoms with Gasteiger partial charge in [-0.25, -0.2) is 0 Å². The third-order valence-corrected chi connectivity index (χ3v) is 3.50. The Balaban J connectivity index is 2.82. The van der Waals surface area contributed by atoms with Crippen LogP contribution in [-0.2, 0) is 0 Å². The Morgan fingerprint density at radius 2 is 2.14 bits per heavy atom. The van der Waals surface area contributed by atoms with E-state index in [0.29, 0.717) is 0 Å². The fourth-order valence-electron chi connectivity index (χ4n) is 0.837. The molecule has 0 bridgehead atoms. The summed E-state index contributed by atoms with van der Waals surface area (Å²) in [5.41, 5.74) is 0.958. The van der Waals surface area contributed by atoms with Crippen LogP contribution in [0.5, 0.6) is 0 Å². The number of hydrogen-bond acceptors (Lipinski definition) is 3. The number of rotatable bonds is 3. The Labute approximate surface area is 96.4 Å². The predicted octanol–water partition coefficient (Wildman–Crippen LogP) is 3.16. The largest absolute Gasteiger partial charge is 0.381 e. The average Bonchev–Trinajstić information content (AvgIpc) is 2.51. The number of halogens is 1. The lowest BCUT2D eigenvalue weighted by Gasteiger charge is -2.11. The summed E-state index contributed by atoms with van der Waals surface area (Å²) in [7, 11) is 3.84. The summed E-state index contributed by atoms with van der Waals surface area (Å²) in [6, 6.07) is 3.72. The van der Waals surface area contributed by atoms with Gasteiger partial charge in [-0.1, -0.05) is 0 Å². The molecule has 0 radical (unpaired) electrons. The van der Waals surface area contributed by atoms with E-state index in [2.05, 4.69) is 15.9 Å². The van der Waals surface area contributed by atoms with Gasteiger partial charge in [-0.15, -0.1) is 11.3 Å². The van der Waals surface area contributed by atoms with Crippen LogP contribution >= 0.6 is 27.3 Å². The zero-order valence-corrected chi connectivity index (χ0v) is 10.8. The predicted molar refractivity (Wildman–Crippen MR) is 63.8 cm³/mol. The van der Waals surface area contributed by atoms with Crippen LogP contribution in [0.4, 0.5) is 0 Å². The summed E-state index contributed by atoms with van der Waals surface area (Å²) < 4.78 is 0.983. The number of nitrogens with zero attached hydrogens (tertiary/aromatic N) is 1. The maximum absolute atomic E-state index is 11.7. The first-order chi connectivity index (χ1) is 6.50. The topological polar surface area (TPSA) is 20.3 Å². The molecule has 1 rings (SSSR count). The van der Waals surface area contributed by atoms with E-state index in [1.54, 1.807) is 6.08 Å². The Hall–Kier alpha value is -0.610. The van der Waals surface area contributed by atoms with Gasteiger partial charge in [0.05, 0.1) is 8.66 Å². The van der Waals surface area contributed by atoms with E-state index in [9.17, 15) is 4.79 Å². The standard InChI is InChI=1S/C10H12BrNOS/c1-7(12(2)3)6-8(13)9-4-5-10(11)14-9/h4-6H,1-3H3. The second kappa shape index (κ2) is 4.75. The Morgan fingerprint density at radius 1 is 1.50 bits per heavy atom. The van der Waals surface area contributed by atoms with Crippen LogP contribution in [0.25, 0.3) is 0 Å². The quantitative estimate of drug-likeness (QED) is 0.623. The summed E-state index contributed by atoms with van der Waals surface area (Å²) in [6.07, 6.45) is 1.65. The highest BCUT2D eigenvalue weighted by atomic mass is 79.9. The van der Waals surface area contributed by atoms with Gasteiger partial charge in [-0.3, -0.25) is 4.79 Å². The fourth-order valence-corrected chi connectivity index (χ4v) is 2.13. The van der Waals surface area contributed by atoms with Crippen molar-refractivity contribution in [1.82, 2.24) is 4.90 Å². The summed E-state index contributed by atoms with van der Waals surface area (Å²) in [5, 5.41) is 0. The van der Waals surface area contributed by atoms with Gasteiger partial charge in [0.2, 0.25) is 0 Å². The molecule has 1 aromatic rings. The Bertz CT molecular complexity index is 368. The molecule has 0 N–H and O–H groups in total. The number of allylic oxidation sites excluding steroid dienone is 2. The molecule has 0 saturated carbocycles. The van der Waals surface area contributed by atoms with Gasteiger partial charge < -0.3 is 4.90 Å². The minimum Gasteiger partial charge on any atom is -0.381 e. The van der Waals surface area contributed by atoms with E-state index in [1.807, 2.05) is 38.1 Å². The Morgan fingerprint density at radius 3 is 2.57 bits per heavy atom. The van der Waals surface area contributed by atoms with E-state index >= 15 is 0 Å². The average molecular weight is 274 g/mol. The van der Waals surface area contributed by atoms with E-state index in [-0.39, 0.29) is 5.78 Å². The van der Waals surface area contributed by atoms with E-state index in [1.165, 1.54) is 11.3 Å². The molecular formula is C10H12BrNOS. The minimum absolute atomic E-state index is 0.0619. The zero-order valence-electron chi connectivity index (χ0n) is 8.37. The van der Waals surface area contributed by atoms with E-state index in [4.69, 9.17) is 0 Å². The van der Waals surface area contributed by atoms with Crippen LogP contribution in [0.2, 0.25) is 0 Å². The molecule has 14 heavy (non-hydrogen) atoms. The lowest BCUT2D eigenvalue weighted by molar-refractivity contribution is 0.104. The number of carbonyl (C=O) groups is 1. The van der Waals surface area contributed by atoms with Gasteiger partial charge in [0.1, 0.15) is 0 Å². The van der Waals surface area contributed by atoms with Gasteiger partial charge in [0.15, 0.2) is 5.78 Å². The lowest BCUT2D eigenvalue weighted by Crippen LogP contribution is -2.09. The van der Waals surface area contributed by atoms with Crippen molar-refractivity contribution in [3.63, 3.8) is 0 Å². The molecule has 4 heteroatoms. The molecule has 76 valence electrons. The van der Waals surface area contributed by atoms with Crippen LogP contribution in [0.3, 0.4) is 0 Å². The summed E-state index contributed by atoms with van der Waals surface area (Å²) in [5.74, 6) is 0.0619. The van der Waals surface area contributed by atoms with Crippen LogP contribution in [0.1, 0.15) is 16.6 Å². The van der Waals surface area contributed by atoms with Gasteiger partial charge in [-0.05, 0) is 35.0 Å². The molecule has 0 amide bonds. The van der Waals surface area contributed by atoms with Crippen molar-refractivity contribution in [2.24, 2.45) is 0 Å². The van der Waals surface area contributed by atoms with E-state index < -0.39 is 0 Å². The number of hydrogen-bond donors (Lipinski definition) is 0. The summed E-state index contributed by atoms with van der Waals surface area (Å²) in [4.78, 5) is 14.3. The molecule has 0 fully saturated rings. The molecular weight excluding hydrogens is 262 g/mol. The smallest absolute Gasteiger partial charge is 0.197 e. The van der Waals surface area contributed by atoms with Crippen molar-refractivity contribution >= 4 is 33.0 Å². The van der Waals surface area contributed by atoms with Crippen molar-refractivity contribution in [1.29, 1.82) is 0 Å². The second-order valence-corrected chi connectivity index (χ2v) is 5.61. The first-order valence-electron chi connectivity index (χ1n) is 4.16. The van der Waals surface area contributed by atoms with Gasteiger partial charge in [0, 0.05) is 25.9 Å². The molecule has 2 nitrogen and oxygen atoms in total. The zero-order chi connectivity index (χ0) is 10.7. The summed E-state index contributed by atoms with van der Waals surface area (Å²) in [6.45, 7) is 1.92. The highest BCUT2D eigenvalue weighted by Crippen LogP contribution is 2.22. The SMILES string of the molecule is CC(=CC(=O)c1ccc(Br)s1)N(C)C. The lowest BCUT2D eigenvalue weighted by atomic mass is 10.2. The molecule has 0 atom stereocenters. The molecule has 1 heterocycles. The van der Waals surface area contributed by atoms with Gasteiger partial charge in [-0.2, -0.15) is 0 Å². The number of ketones is 1. The van der Waals surface area contributed by atoms with Crippen LogP contribution in [0.15, 0.2) is 27.7 Å². The van der Waals surface area contributed by atoms with Crippen LogP contribution < -0.4 is 0 Å². The van der Waals surface area contributed by atoms with Crippen molar-refractivity contribution in [2.75, 3.05) is 14.1 Å². The third kappa shape index (κ3) is 2.96. The van der Waals surface area contributed by atoms with Crippen molar-refractivity contribution in [3.8, 4) is 0 Å². The first-order valence-corrected chi connectivity index (χ1v) is 5.77. The molecule has 0 aliphatic rings. The van der Waals surface area contributed by atoms with Crippen LogP contribution in [0, 0.1) is 0 Å². The molecule has 0 unspecified atom stereocenters. The normalized spacial score (nSPS) is 11.6. The van der Waals surface area contributed by atoms with Crippen LogP contribution in [-0.4, -0.2) is 24.8 Å². The minimum atomic E-state index is 0.0619. The highest BCUT2D eigenvalue weighted by Gasteiger charge is 2.06. The van der Waals surface area contributed by atoms with Crippen molar-refractivity contribution in [2.45, 2.75) is 6.92 Å². The molecule has 0 aromatic carbocycles. The molecule has 0 aliphatic heterocycles. The monoisotopic (exact) mass is 273 g/mol. The third-order valence-electron chi connectivity index (χ3n) is 1.86. The van der Waals surface area contributed by atoms with Gasteiger partial charge >= 0.3 is 0 Å². The number of thiophene rings is 1. The first kappa shape index (κ1) is 11.5. The van der Waals surface area contributed by atoms with Crippen molar-refractivity contribution in [3.05, 3.63) is 32.6 Å². The fraction of sp³-hybridized carbons (Fsp3) is 0.300. The number of carbonyl (C=O) groups excluding carboxylic acids is 1. The van der Waals surface area contributed by atoms with Gasteiger partial charge in [0.25, 0.3) is 0 Å². The molecule has 0 aliphatic carbocycles. The summed E-state index contributed by atoms with van der Waals surface area (Å²) >= 11 is 4.78. The van der Waals surface area contributed by atoms with E-state index in [0.717, 1.165) is 14.4 Å². The maximum atomic E-state index is 11.7.